The van der Waals surface area contributed by atoms with Gasteiger partial charge >= 0.3 is 0 Å². The number of carbonyl (C=O) groups is 1. The lowest BCUT2D eigenvalue weighted by atomic mass is 9.89. The Morgan fingerprint density at radius 2 is 1.67 bits per heavy atom. The maximum Gasteiger partial charge on any atom is 0.278 e. The van der Waals surface area contributed by atoms with E-state index in [4.69, 9.17) is 4.74 Å². The Labute approximate surface area is 191 Å². The van der Waals surface area contributed by atoms with Crippen LogP contribution in [0, 0.1) is 0 Å². The molecule has 2 atom stereocenters. The summed E-state index contributed by atoms with van der Waals surface area (Å²) in [5, 5.41) is 12.9. The highest BCUT2D eigenvalue weighted by Crippen LogP contribution is 2.42. The van der Waals surface area contributed by atoms with Gasteiger partial charge in [-0.05, 0) is 30.9 Å². The highest BCUT2D eigenvalue weighted by Gasteiger charge is 2.47. The number of aromatic nitrogens is 1. The van der Waals surface area contributed by atoms with E-state index in [0.29, 0.717) is 13.0 Å². The third kappa shape index (κ3) is 3.03. The van der Waals surface area contributed by atoms with Crippen molar-refractivity contribution in [1.29, 1.82) is 0 Å². The molecule has 3 heterocycles. The van der Waals surface area contributed by atoms with Crippen LogP contribution in [0.3, 0.4) is 0 Å². The van der Waals surface area contributed by atoms with Crippen LogP contribution in [0.2, 0.25) is 0 Å². The van der Waals surface area contributed by atoms with Gasteiger partial charge in [-0.1, -0.05) is 48.5 Å². The van der Waals surface area contributed by atoms with Crippen LogP contribution < -0.4 is 15.2 Å². The number of fused-ring (bicyclic) bond motifs is 4. The van der Waals surface area contributed by atoms with Crippen molar-refractivity contribution in [2.75, 3.05) is 11.6 Å². The van der Waals surface area contributed by atoms with Crippen LogP contribution in [0.1, 0.15) is 53.3 Å². The van der Waals surface area contributed by atoms with E-state index in [1.54, 1.807) is 10.9 Å². The molecule has 1 aliphatic carbocycles. The van der Waals surface area contributed by atoms with Gasteiger partial charge in [0.15, 0.2) is 11.4 Å². The van der Waals surface area contributed by atoms with E-state index < -0.39 is 11.2 Å². The third-order valence-corrected chi connectivity index (χ3v) is 7.06. The van der Waals surface area contributed by atoms with Crippen LogP contribution in [0.25, 0.3) is 0 Å². The number of para-hydroxylation sites is 1. The largest absolute Gasteiger partial charge is 0.502 e. The lowest BCUT2D eigenvalue weighted by Crippen LogP contribution is -2.66. The molecule has 7 heteroatoms. The Bertz CT molecular complexity index is 1270. The molecule has 33 heavy (non-hydrogen) atoms. The molecule has 7 nitrogen and oxygen atoms in total. The zero-order valence-electron chi connectivity index (χ0n) is 18.1. The molecule has 3 aromatic rings. The number of pyridine rings is 1. The SMILES string of the molecule is O=C1c2c(O)c(=O)ccn2N2[C@@H](c3ccccc3)c3ccccc3OCC[C@@H]2N1C1CCC1. The Morgan fingerprint density at radius 3 is 2.42 bits per heavy atom. The van der Waals surface area contributed by atoms with Gasteiger partial charge in [0.05, 0.1) is 6.61 Å². The molecule has 1 fully saturated rings. The normalized spacial score (nSPS) is 22.2. The smallest absolute Gasteiger partial charge is 0.278 e. The third-order valence-electron chi connectivity index (χ3n) is 7.06. The van der Waals surface area contributed by atoms with Crippen LogP contribution in [0.15, 0.2) is 71.7 Å². The molecule has 0 saturated heterocycles. The van der Waals surface area contributed by atoms with Gasteiger partial charge in [-0.25, -0.2) is 0 Å². The molecule has 3 aliphatic rings. The maximum absolute atomic E-state index is 13.7. The van der Waals surface area contributed by atoms with Gasteiger partial charge in [0.25, 0.3) is 5.91 Å². The quantitative estimate of drug-likeness (QED) is 0.657. The van der Waals surface area contributed by atoms with Gasteiger partial charge in [-0.15, -0.1) is 0 Å². The molecule has 6 rings (SSSR count). The van der Waals surface area contributed by atoms with Crippen LogP contribution in [0.4, 0.5) is 0 Å². The van der Waals surface area contributed by atoms with Crippen molar-refractivity contribution in [3.63, 3.8) is 0 Å². The minimum Gasteiger partial charge on any atom is -0.502 e. The topological polar surface area (TPSA) is 75.0 Å². The van der Waals surface area contributed by atoms with Gasteiger partial charge in [-0.3, -0.25) is 19.3 Å². The monoisotopic (exact) mass is 443 g/mol. The number of carbonyl (C=O) groups excluding carboxylic acids is 1. The highest BCUT2D eigenvalue weighted by atomic mass is 16.5. The van der Waals surface area contributed by atoms with Crippen LogP contribution in [0.5, 0.6) is 11.5 Å². The van der Waals surface area contributed by atoms with E-state index in [0.717, 1.165) is 36.1 Å². The lowest BCUT2D eigenvalue weighted by Gasteiger charge is -2.54. The van der Waals surface area contributed by atoms with Gasteiger partial charge < -0.3 is 14.7 Å². The molecule has 0 radical (unpaired) electrons. The number of aromatic hydroxyl groups is 1. The van der Waals surface area contributed by atoms with Gasteiger partial charge in [-0.2, -0.15) is 0 Å². The first kappa shape index (κ1) is 19.9. The fraction of sp³-hybridized carbons (Fsp3) is 0.308. The molecule has 0 unspecified atom stereocenters. The molecular weight excluding hydrogens is 418 g/mol. The number of amides is 1. The van der Waals surface area contributed by atoms with E-state index >= 15 is 0 Å². The Kier molecular flexibility index (Phi) is 4.64. The molecule has 1 saturated carbocycles. The maximum atomic E-state index is 13.7. The standard InChI is InChI=1S/C26H25N3O4/c30-20-13-15-27-24(25(20)31)26(32)28(18-9-6-10-18)22-14-16-33-21-12-5-4-11-19(21)23(29(22)27)17-7-2-1-3-8-17/h1-5,7-8,11-13,15,18,22-23,31H,6,9-10,14,16H2/t22-,23+/m1/s1. The summed E-state index contributed by atoms with van der Waals surface area (Å²) in [5.74, 6) is 0.00390. The summed E-state index contributed by atoms with van der Waals surface area (Å²) >= 11 is 0. The minimum atomic E-state index is -0.548. The van der Waals surface area contributed by atoms with Gasteiger partial charge in [0, 0.05) is 30.3 Å². The Morgan fingerprint density at radius 1 is 0.909 bits per heavy atom. The van der Waals surface area contributed by atoms with Crippen molar-refractivity contribution in [3.05, 3.63) is 93.9 Å². The van der Waals surface area contributed by atoms with Crippen molar-refractivity contribution >= 4 is 5.91 Å². The first-order chi connectivity index (χ1) is 16.1. The number of nitrogens with zero attached hydrogens (tertiary/aromatic N) is 3. The molecule has 1 N–H and O–H groups in total. The molecule has 2 aromatic carbocycles. The number of rotatable bonds is 2. The van der Waals surface area contributed by atoms with E-state index in [-0.39, 0.29) is 29.9 Å². The average molecular weight is 444 g/mol. The first-order valence-electron chi connectivity index (χ1n) is 11.5. The minimum absolute atomic E-state index is 0.0329. The number of ether oxygens (including phenoxy) is 1. The second-order valence-corrected chi connectivity index (χ2v) is 8.87. The van der Waals surface area contributed by atoms with Crippen molar-refractivity contribution in [2.24, 2.45) is 0 Å². The van der Waals surface area contributed by atoms with Crippen molar-refractivity contribution in [3.8, 4) is 11.5 Å². The second-order valence-electron chi connectivity index (χ2n) is 8.87. The fourth-order valence-electron chi connectivity index (χ4n) is 5.30. The molecule has 168 valence electrons. The summed E-state index contributed by atoms with van der Waals surface area (Å²) in [6.45, 7) is 0.456. The molecule has 2 aliphatic heterocycles. The fourth-order valence-corrected chi connectivity index (χ4v) is 5.30. The second kappa shape index (κ2) is 7.69. The molecule has 0 spiro atoms. The van der Waals surface area contributed by atoms with E-state index in [2.05, 4.69) is 17.1 Å². The predicted molar refractivity (Wildman–Crippen MR) is 123 cm³/mol. The van der Waals surface area contributed by atoms with Crippen molar-refractivity contribution < 1.29 is 14.6 Å². The van der Waals surface area contributed by atoms with Gasteiger partial charge in [0.2, 0.25) is 5.43 Å². The summed E-state index contributed by atoms with van der Waals surface area (Å²) in [6.07, 6.45) is 4.84. The van der Waals surface area contributed by atoms with Crippen molar-refractivity contribution in [1.82, 2.24) is 9.58 Å². The zero-order chi connectivity index (χ0) is 22.5. The van der Waals surface area contributed by atoms with Crippen LogP contribution in [-0.4, -0.2) is 39.4 Å². The lowest BCUT2D eigenvalue weighted by molar-refractivity contribution is 0.0213. The number of hydrogen-bond donors (Lipinski definition) is 1. The number of benzene rings is 2. The molecule has 1 amide bonds. The Hall–Kier alpha value is -3.74. The molecule has 1 aromatic heterocycles. The van der Waals surface area contributed by atoms with E-state index in [1.807, 2.05) is 47.4 Å². The summed E-state index contributed by atoms with van der Waals surface area (Å²) in [4.78, 5) is 27.9. The van der Waals surface area contributed by atoms with E-state index in [1.165, 1.54) is 6.07 Å². The zero-order valence-corrected chi connectivity index (χ0v) is 18.1. The molecular formula is C26H25N3O4. The van der Waals surface area contributed by atoms with Gasteiger partial charge in [0.1, 0.15) is 18.0 Å². The number of hydrogen-bond acceptors (Lipinski definition) is 5. The molecule has 0 bridgehead atoms. The van der Waals surface area contributed by atoms with E-state index in [9.17, 15) is 14.7 Å². The Balaban J connectivity index is 1.64. The predicted octanol–water partition coefficient (Wildman–Crippen LogP) is 3.40. The average Bonchev–Trinajstić information content (AvgIpc) is 2.79. The summed E-state index contributed by atoms with van der Waals surface area (Å²) in [7, 11) is 0. The van der Waals surface area contributed by atoms with Crippen LogP contribution in [-0.2, 0) is 0 Å². The summed E-state index contributed by atoms with van der Waals surface area (Å²) in [6, 6.07) is 19.2. The first-order valence-corrected chi connectivity index (χ1v) is 11.5. The summed E-state index contributed by atoms with van der Waals surface area (Å²) in [5.41, 5.74) is 1.49. The van der Waals surface area contributed by atoms with Crippen molar-refractivity contribution in [2.45, 2.75) is 43.9 Å². The summed E-state index contributed by atoms with van der Waals surface area (Å²) < 4.78 is 7.89. The van der Waals surface area contributed by atoms with Crippen LogP contribution >= 0.6 is 0 Å². The highest BCUT2D eigenvalue weighted by molar-refractivity contribution is 5.96.